The van der Waals surface area contributed by atoms with Gasteiger partial charge < -0.3 is 5.32 Å². The predicted octanol–water partition coefficient (Wildman–Crippen LogP) is 4.73. The van der Waals surface area contributed by atoms with Crippen LogP contribution in [0.15, 0.2) is 60.1 Å². The molecule has 3 aromatic rings. The van der Waals surface area contributed by atoms with Gasteiger partial charge in [0.15, 0.2) is 0 Å². The molecule has 0 atom stereocenters. The monoisotopic (exact) mass is 280 g/mol. The molecule has 3 rings (SSSR count). The number of aryl methyl sites for hydroxylation is 1. The summed E-state index contributed by atoms with van der Waals surface area (Å²) in [6.07, 6.45) is 1.84. The van der Waals surface area contributed by atoms with E-state index >= 15 is 0 Å². The molecule has 0 aliphatic carbocycles. The lowest BCUT2D eigenvalue weighted by molar-refractivity contribution is 1.14. The fraction of sp³-hybridized carbons (Fsp3) is 0.118. The van der Waals surface area contributed by atoms with Crippen molar-refractivity contribution in [1.29, 1.82) is 0 Å². The van der Waals surface area contributed by atoms with Crippen LogP contribution in [-0.2, 0) is 6.54 Å². The van der Waals surface area contributed by atoms with Crippen LogP contribution in [0.25, 0.3) is 10.6 Å². The van der Waals surface area contributed by atoms with Gasteiger partial charge in [-0.1, -0.05) is 29.8 Å². The van der Waals surface area contributed by atoms with Gasteiger partial charge in [-0.15, -0.1) is 11.3 Å². The summed E-state index contributed by atoms with van der Waals surface area (Å²) in [6, 6.07) is 17.0. The van der Waals surface area contributed by atoms with Gasteiger partial charge in [0.2, 0.25) is 0 Å². The Bertz CT molecular complexity index is 672. The van der Waals surface area contributed by atoms with Crippen LogP contribution in [0, 0.1) is 6.92 Å². The molecule has 1 heterocycles. The van der Waals surface area contributed by atoms with Crippen molar-refractivity contribution in [2.24, 2.45) is 0 Å². The Morgan fingerprint density at radius 3 is 2.65 bits per heavy atom. The first kappa shape index (κ1) is 12.9. The van der Waals surface area contributed by atoms with Crippen molar-refractivity contribution in [2.45, 2.75) is 13.5 Å². The van der Waals surface area contributed by atoms with Crippen molar-refractivity contribution in [3.8, 4) is 10.6 Å². The van der Waals surface area contributed by atoms with Crippen LogP contribution in [0.1, 0.15) is 11.1 Å². The fourth-order valence-corrected chi connectivity index (χ4v) is 2.77. The number of hydrogen-bond acceptors (Lipinski definition) is 3. The van der Waals surface area contributed by atoms with Crippen LogP contribution < -0.4 is 5.32 Å². The van der Waals surface area contributed by atoms with Gasteiger partial charge in [-0.25, -0.2) is 4.98 Å². The first-order valence-electron chi connectivity index (χ1n) is 6.60. The van der Waals surface area contributed by atoms with Crippen molar-refractivity contribution >= 4 is 17.0 Å². The molecular formula is C17H16N2S. The highest BCUT2D eigenvalue weighted by atomic mass is 32.1. The van der Waals surface area contributed by atoms with Gasteiger partial charge in [-0.05, 0) is 36.8 Å². The van der Waals surface area contributed by atoms with E-state index in [1.165, 1.54) is 16.7 Å². The standard InChI is InChI=1S/C17H16N2S/c1-13-3-2-4-14(11-13)12-19-16-7-5-15(6-8-16)17-18-9-10-20-17/h2-11,19H,12H2,1H3. The molecule has 2 aromatic carbocycles. The lowest BCUT2D eigenvalue weighted by Crippen LogP contribution is -1.99. The van der Waals surface area contributed by atoms with Crippen LogP contribution >= 0.6 is 11.3 Å². The molecule has 20 heavy (non-hydrogen) atoms. The first-order valence-corrected chi connectivity index (χ1v) is 7.48. The van der Waals surface area contributed by atoms with Gasteiger partial charge in [0.1, 0.15) is 5.01 Å². The third-order valence-corrected chi connectivity index (χ3v) is 3.97. The minimum absolute atomic E-state index is 0.846. The minimum atomic E-state index is 0.846. The highest BCUT2D eigenvalue weighted by molar-refractivity contribution is 7.13. The van der Waals surface area contributed by atoms with Crippen molar-refractivity contribution in [3.05, 3.63) is 71.2 Å². The first-order chi connectivity index (χ1) is 9.81. The summed E-state index contributed by atoms with van der Waals surface area (Å²) in [5.41, 5.74) is 4.89. The van der Waals surface area contributed by atoms with Crippen LogP contribution in [0.2, 0.25) is 0 Å². The molecule has 3 heteroatoms. The van der Waals surface area contributed by atoms with E-state index < -0.39 is 0 Å². The Balaban J connectivity index is 1.67. The molecule has 0 aliphatic rings. The molecule has 100 valence electrons. The predicted molar refractivity (Wildman–Crippen MR) is 86.1 cm³/mol. The van der Waals surface area contributed by atoms with E-state index in [2.05, 4.69) is 65.8 Å². The SMILES string of the molecule is Cc1cccc(CNc2ccc(-c3nccs3)cc2)c1. The van der Waals surface area contributed by atoms with Gasteiger partial charge in [0.05, 0.1) is 0 Å². The topological polar surface area (TPSA) is 24.9 Å². The van der Waals surface area contributed by atoms with Gasteiger partial charge >= 0.3 is 0 Å². The average Bonchev–Trinajstić information content (AvgIpc) is 3.00. The highest BCUT2D eigenvalue weighted by Gasteiger charge is 2.00. The third kappa shape index (κ3) is 3.06. The second-order valence-corrected chi connectivity index (χ2v) is 5.65. The summed E-state index contributed by atoms with van der Waals surface area (Å²) in [6.45, 7) is 2.96. The van der Waals surface area contributed by atoms with E-state index in [4.69, 9.17) is 0 Å². The number of rotatable bonds is 4. The zero-order chi connectivity index (χ0) is 13.8. The molecule has 0 amide bonds. The third-order valence-electron chi connectivity index (χ3n) is 3.14. The largest absolute Gasteiger partial charge is 0.381 e. The minimum Gasteiger partial charge on any atom is -0.381 e. The number of anilines is 1. The summed E-state index contributed by atoms with van der Waals surface area (Å²) in [5.74, 6) is 0. The maximum atomic E-state index is 4.32. The number of hydrogen-bond donors (Lipinski definition) is 1. The van der Waals surface area contributed by atoms with E-state index in [1.54, 1.807) is 11.3 Å². The van der Waals surface area contributed by atoms with E-state index in [9.17, 15) is 0 Å². The quantitative estimate of drug-likeness (QED) is 0.747. The molecule has 0 bridgehead atoms. The molecule has 1 N–H and O–H groups in total. The van der Waals surface area contributed by atoms with Gasteiger partial charge in [0, 0.05) is 29.4 Å². The van der Waals surface area contributed by atoms with E-state index in [0.717, 1.165) is 17.2 Å². The zero-order valence-corrected chi connectivity index (χ0v) is 12.2. The Morgan fingerprint density at radius 1 is 1.10 bits per heavy atom. The molecular weight excluding hydrogens is 264 g/mol. The molecule has 0 fully saturated rings. The Kier molecular flexibility index (Phi) is 3.79. The van der Waals surface area contributed by atoms with Crippen molar-refractivity contribution < 1.29 is 0 Å². The van der Waals surface area contributed by atoms with Gasteiger partial charge in [-0.2, -0.15) is 0 Å². The Labute approximate surface area is 123 Å². The molecule has 0 saturated carbocycles. The second kappa shape index (κ2) is 5.88. The van der Waals surface area contributed by atoms with Crippen molar-refractivity contribution in [3.63, 3.8) is 0 Å². The highest BCUT2D eigenvalue weighted by Crippen LogP contribution is 2.23. The van der Waals surface area contributed by atoms with Crippen LogP contribution in [-0.4, -0.2) is 4.98 Å². The molecule has 1 aromatic heterocycles. The number of nitrogens with zero attached hydrogens (tertiary/aromatic N) is 1. The van der Waals surface area contributed by atoms with Gasteiger partial charge in [-0.3, -0.25) is 0 Å². The lowest BCUT2D eigenvalue weighted by Gasteiger charge is -2.07. The molecule has 0 spiro atoms. The summed E-state index contributed by atoms with van der Waals surface area (Å²) in [7, 11) is 0. The molecule has 0 aliphatic heterocycles. The van der Waals surface area contributed by atoms with Crippen LogP contribution in [0.4, 0.5) is 5.69 Å². The second-order valence-electron chi connectivity index (χ2n) is 4.76. The fourth-order valence-electron chi connectivity index (χ4n) is 2.12. The number of benzene rings is 2. The maximum absolute atomic E-state index is 4.32. The van der Waals surface area contributed by atoms with Crippen molar-refractivity contribution in [1.82, 2.24) is 4.98 Å². The zero-order valence-electron chi connectivity index (χ0n) is 11.3. The Morgan fingerprint density at radius 2 is 1.95 bits per heavy atom. The summed E-state index contributed by atoms with van der Waals surface area (Å²) in [5, 5.41) is 6.51. The summed E-state index contributed by atoms with van der Waals surface area (Å²) in [4.78, 5) is 4.32. The van der Waals surface area contributed by atoms with Crippen LogP contribution in [0.5, 0.6) is 0 Å². The molecule has 0 radical (unpaired) electrons. The smallest absolute Gasteiger partial charge is 0.123 e. The summed E-state index contributed by atoms with van der Waals surface area (Å²) >= 11 is 1.66. The molecule has 2 nitrogen and oxygen atoms in total. The lowest BCUT2D eigenvalue weighted by atomic mass is 10.1. The Hall–Kier alpha value is -2.13. The normalized spacial score (nSPS) is 10.4. The molecule has 0 saturated heterocycles. The maximum Gasteiger partial charge on any atom is 0.123 e. The van der Waals surface area contributed by atoms with E-state index in [-0.39, 0.29) is 0 Å². The summed E-state index contributed by atoms with van der Waals surface area (Å²) < 4.78 is 0. The van der Waals surface area contributed by atoms with Crippen molar-refractivity contribution in [2.75, 3.05) is 5.32 Å². The number of nitrogens with one attached hydrogen (secondary N) is 1. The average molecular weight is 280 g/mol. The number of thiazole rings is 1. The van der Waals surface area contributed by atoms with E-state index in [0.29, 0.717) is 0 Å². The van der Waals surface area contributed by atoms with E-state index in [1.807, 2.05) is 11.6 Å². The number of aromatic nitrogens is 1. The van der Waals surface area contributed by atoms with Crippen LogP contribution in [0.3, 0.4) is 0 Å². The molecule has 0 unspecified atom stereocenters. The van der Waals surface area contributed by atoms with Gasteiger partial charge in [0.25, 0.3) is 0 Å².